The van der Waals surface area contributed by atoms with Gasteiger partial charge in [-0.3, -0.25) is 19.8 Å². The van der Waals surface area contributed by atoms with E-state index in [1.54, 1.807) is 6.92 Å². The predicted octanol–water partition coefficient (Wildman–Crippen LogP) is -0.138. The van der Waals surface area contributed by atoms with E-state index in [0.29, 0.717) is 24.6 Å². The average molecular weight is 349 g/mol. The number of nitro groups is 1. The van der Waals surface area contributed by atoms with Gasteiger partial charge in [-0.15, -0.1) is 12.1 Å². The second-order valence-electron chi connectivity index (χ2n) is 7.20. The summed E-state index contributed by atoms with van der Waals surface area (Å²) in [6.07, 6.45) is 2.09. The maximum Gasteiger partial charge on any atom is 1.00 e. The number of hydrogen-bond donors (Lipinski definition) is 0. The third-order valence-corrected chi connectivity index (χ3v) is 4.48. The van der Waals surface area contributed by atoms with Crippen LogP contribution in [0.25, 0.3) is 5.32 Å². The van der Waals surface area contributed by atoms with Gasteiger partial charge in [0, 0.05) is 17.9 Å². The Hall–Kier alpha value is -0.613. The van der Waals surface area contributed by atoms with Gasteiger partial charge in [-0.2, -0.15) is 0 Å². The maximum atomic E-state index is 12.1. The van der Waals surface area contributed by atoms with Crippen LogP contribution in [0.4, 0.5) is 0 Å². The summed E-state index contributed by atoms with van der Waals surface area (Å²) in [6.45, 7) is 12.1. The van der Waals surface area contributed by atoms with Crippen molar-refractivity contribution >= 4 is 5.97 Å². The molecule has 8 heteroatoms. The Morgan fingerprint density at radius 2 is 1.96 bits per heavy atom. The summed E-state index contributed by atoms with van der Waals surface area (Å²) in [4.78, 5) is 24.3. The number of piperidine rings is 1. The average Bonchev–Trinajstić information content (AvgIpc) is 3.05. The molecule has 0 N–H and O–H groups in total. The number of hydrogen-bond acceptors (Lipinski definition) is 5. The fourth-order valence-corrected chi connectivity index (χ4v) is 3.71. The van der Waals surface area contributed by atoms with Crippen LogP contribution in [-0.4, -0.2) is 59.7 Å². The Labute approximate surface area is 163 Å². The first-order chi connectivity index (χ1) is 11.2. The molecular weight excluding hydrogens is 317 g/mol. The molecule has 0 saturated carbocycles. The minimum absolute atomic E-state index is 0. The van der Waals surface area contributed by atoms with E-state index in [1.165, 1.54) is 0 Å². The van der Waals surface area contributed by atoms with Gasteiger partial charge < -0.3 is 10.1 Å². The number of esters is 1. The third kappa shape index (κ3) is 7.26. The minimum atomic E-state index is -0.716. The molecule has 2 rings (SSSR count). The van der Waals surface area contributed by atoms with E-state index in [4.69, 9.17) is 4.74 Å². The fraction of sp³-hybridized carbons (Fsp3) is 0.941. The van der Waals surface area contributed by atoms with Crippen molar-refractivity contribution < 1.29 is 33.3 Å². The summed E-state index contributed by atoms with van der Waals surface area (Å²) >= 11 is 0. The summed E-state index contributed by atoms with van der Waals surface area (Å²) in [5.74, 6) is 0.232. The molecule has 2 aliphatic rings. The first kappa shape index (κ1) is 24.4. The zero-order valence-corrected chi connectivity index (χ0v) is 16.7. The SMILES string of the molecule is CC(C)[N-]C(C)C.CCOC(=O)C1(CC[N+](=O)[O-])CC2CCN1C2.[Li+]. The van der Waals surface area contributed by atoms with Gasteiger partial charge in [-0.1, -0.05) is 27.7 Å². The van der Waals surface area contributed by atoms with E-state index >= 15 is 0 Å². The van der Waals surface area contributed by atoms with Crippen LogP contribution >= 0.6 is 0 Å². The molecule has 0 aromatic rings. The quantitative estimate of drug-likeness (QED) is 0.276. The summed E-state index contributed by atoms with van der Waals surface area (Å²) in [7, 11) is 0. The Morgan fingerprint density at radius 1 is 1.36 bits per heavy atom. The number of carbonyl (C=O) groups excluding carboxylic acids is 1. The molecule has 0 aromatic heterocycles. The molecule has 0 radical (unpaired) electrons. The fourth-order valence-electron chi connectivity index (χ4n) is 3.71. The second-order valence-corrected chi connectivity index (χ2v) is 7.20. The van der Waals surface area contributed by atoms with E-state index < -0.39 is 5.54 Å². The molecule has 2 aliphatic heterocycles. The van der Waals surface area contributed by atoms with Crippen molar-refractivity contribution in [3.8, 4) is 0 Å². The molecule has 3 atom stereocenters. The van der Waals surface area contributed by atoms with Crippen molar-refractivity contribution in [1.29, 1.82) is 0 Å². The van der Waals surface area contributed by atoms with Crippen molar-refractivity contribution in [2.45, 2.75) is 71.5 Å². The number of nitrogens with zero attached hydrogens (tertiary/aromatic N) is 3. The molecule has 2 fully saturated rings. The van der Waals surface area contributed by atoms with Crippen LogP contribution < -0.4 is 18.9 Å². The standard InChI is InChI=1S/C11H18N2O4.C6H14N.Li/c1-2-17-10(14)11(4-6-13(15)16)7-9-3-5-12(11)8-9;1-5(2)7-6(3)4;/h9H,2-8H2,1H3;5-6H,1-4H3;/q;-1;+1. The molecule has 7 nitrogen and oxygen atoms in total. The molecule has 0 spiro atoms. The van der Waals surface area contributed by atoms with Crippen molar-refractivity contribution in [1.82, 2.24) is 4.90 Å². The van der Waals surface area contributed by atoms with E-state index in [1.807, 2.05) is 0 Å². The van der Waals surface area contributed by atoms with E-state index in [-0.39, 0.29) is 42.7 Å². The Balaban J connectivity index is 0.000000620. The van der Waals surface area contributed by atoms with Gasteiger partial charge in [0.25, 0.3) is 0 Å². The molecule has 0 aliphatic carbocycles. The van der Waals surface area contributed by atoms with Crippen molar-refractivity contribution in [2.24, 2.45) is 5.92 Å². The first-order valence-corrected chi connectivity index (χ1v) is 8.95. The van der Waals surface area contributed by atoms with Gasteiger partial charge in [-0.05, 0) is 32.2 Å². The van der Waals surface area contributed by atoms with Crippen molar-refractivity contribution in [2.75, 3.05) is 26.2 Å². The number of rotatable bonds is 7. The number of fused-ring (bicyclic) bond motifs is 2. The van der Waals surface area contributed by atoms with Gasteiger partial charge in [0.2, 0.25) is 6.54 Å². The molecule has 25 heavy (non-hydrogen) atoms. The maximum absolute atomic E-state index is 12.1. The van der Waals surface area contributed by atoms with Crippen LogP contribution in [0.3, 0.4) is 0 Å². The van der Waals surface area contributed by atoms with Crippen LogP contribution in [0.15, 0.2) is 0 Å². The Kier molecular flexibility index (Phi) is 10.9. The van der Waals surface area contributed by atoms with E-state index in [2.05, 4.69) is 37.9 Å². The van der Waals surface area contributed by atoms with Crippen molar-refractivity contribution in [3.05, 3.63) is 15.4 Å². The van der Waals surface area contributed by atoms with E-state index in [0.717, 1.165) is 25.9 Å². The smallest absolute Gasteiger partial charge is 0.658 e. The summed E-state index contributed by atoms with van der Waals surface area (Å²) < 4.78 is 5.11. The first-order valence-electron chi connectivity index (χ1n) is 8.95. The number of carbonyl (C=O) groups is 1. The third-order valence-electron chi connectivity index (χ3n) is 4.48. The monoisotopic (exact) mass is 349 g/mol. The normalized spacial score (nSPS) is 26.8. The molecular formula is C17H32LiN3O4. The largest absolute Gasteiger partial charge is 1.00 e. The zero-order chi connectivity index (χ0) is 18.3. The van der Waals surface area contributed by atoms with Gasteiger partial charge >= 0.3 is 24.8 Å². The van der Waals surface area contributed by atoms with Crippen LogP contribution in [-0.2, 0) is 9.53 Å². The summed E-state index contributed by atoms with van der Waals surface area (Å²) in [6, 6.07) is 1.000. The van der Waals surface area contributed by atoms with Gasteiger partial charge in [0.05, 0.1) is 6.61 Å². The molecule has 0 aromatic carbocycles. The van der Waals surface area contributed by atoms with Gasteiger partial charge in [0.1, 0.15) is 5.54 Å². The van der Waals surface area contributed by atoms with Crippen LogP contribution in [0.2, 0.25) is 0 Å². The minimum Gasteiger partial charge on any atom is -0.658 e. The Bertz CT molecular complexity index is 428. The van der Waals surface area contributed by atoms with Crippen molar-refractivity contribution in [3.63, 3.8) is 0 Å². The number of ether oxygens (including phenoxy) is 1. The molecule has 2 saturated heterocycles. The van der Waals surface area contributed by atoms with Crippen LogP contribution in [0.5, 0.6) is 0 Å². The van der Waals surface area contributed by atoms with E-state index in [9.17, 15) is 14.9 Å². The molecule has 0 amide bonds. The molecule has 2 bridgehead atoms. The Morgan fingerprint density at radius 3 is 2.28 bits per heavy atom. The molecule has 2 heterocycles. The van der Waals surface area contributed by atoms with Crippen LogP contribution in [0.1, 0.15) is 53.9 Å². The molecule has 140 valence electrons. The van der Waals surface area contributed by atoms with Gasteiger partial charge in [-0.25, -0.2) is 0 Å². The second kappa shape index (κ2) is 11.2. The molecule has 3 unspecified atom stereocenters. The zero-order valence-electron chi connectivity index (χ0n) is 16.7. The summed E-state index contributed by atoms with van der Waals surface area (Å²) in [5.41, 5.74) is -0.716. The summed E-state index contributed by atoms with van der Waals surface area (Å²) in [5, 5.41) is 14.8. The predicted molar refractivity (Wildman–Crippen MR) is 93.8 cm³/mol. The topological polar surface area (TPSA) is 86.8 Å². The van der Waals surface area contributed by atoms with Gasteiger partial charge in [0.15, 0.2) is 0 Å². The van der Waals surface area contributed by atoms with Crippen LogP contribution in [0, 0.1) is 16.0 Å².